The van der Waals surface area contributed by atoms with Crippen LogP contribution >= 0.6 is 11.6 Å². The fourth-order valence-electron chi connectivity index (χ4n) is 2.93. The summed E-state index contributed by atoms with van der Waals surface area (Å²) < 4.78 is 26.9. The molecule has 3 rings (SSSR count). The largest absolute Gasteiger partial charge is 0.314 e. The molecule has 0 spiro atoms. The van der Waals surface area contributed by atoms with E-state index in [0.29, 0.717) is 16.3 Å². The number of hydrogen-bond acceptors (Lipinski definition) is 2. The summed E-state index contributed by atoms with van der Waals surface area (Å²) in [6, 6.07) is 18.8. The summed E-state index contributed by atoms with van der Waals surface area (Å²) in [5.74, 6) is 0.158. The van der Waals surface area contributed by atoms with Crippen molar-refractivity contribution in [3.05, 3.63) is 71.4 Å². The van der Waals surface area contributed by atoms with Gasteiger partial charge in [0.15, 0.2) is 9.84 Å². The smallest absolute Gasteiger partial charge is 0.178 e. The van der Waals surface area contributed by atoms with Crippen LogP contribution in [0.1, 0.15) is 19.0 Å². The van der Waals surface area contributed by atoms with Crippen LogP contribution in [-0.4, -0.2) is 18.7 Å². The molecule has 130 valence electrons. The maximum Gasteiger partial charge on any atom is 0.178 e. The third-order valence-electron chi connectivity index (χ3n) is 4.12. The van der Waals surface area contributed by atoms with Crippen LogP contribution in [0.25, 0.3) is 16.9 Å². The van der Waals surface area contributed by atoms with Crippen molar-refractivity contribution in [3.8, 4) is 16.9 Å². The third kappa shape index (κ3) is 3.65. The number of aryl methyl sites for hydroxylation is 1. The summed E-state index contributed by atoms with van der Waals surface area (Å²) in [6.45, 7) is 3.88. The van der Waals surface area contributed by atoms with Crippen LogP contribution in [-0.2, 0) is 9.84 Å². The van der Waals surface area contributed by atoms with E-state index >= 15 is 0 Å². The molecule has 0 radical (unpaired) electrons. The lowest BCUT2D eigenvalue weighted by Gasteiger charge is -2.14. The molecule has 2 aromatic carbocycles. The van der Waals surface area contributed by atoms with Crippen LogP contribution in [0, 0.1) is 6.92 Å². The van der Waals surface area contributed by atoms with Gasteiger partial charge in [-0.1, -0.05) is 36.7 Å². The van der Waals surface area contributed by atoms with Crippen LogP contribution < -0.4 is 0 Å². The van der Waals surface area contributed by atoms with E-state index in [0.717, 1.165) is 22.6 Å². The summed E-state index contributed by atoms with van der Waals surface area (Å²) in [6.07, 6.45) is 0.602. The van der Waals surface area contributed by atoms with E-state index in [1.165, 1.54) is 0 Å². The fraction of sp³-hybridized carbons (Fsp3) is 0.200. The van der Waals surface area contributed by atoms with Crippen LogP contribution in [0.15, 0.2) is 65.6 Å². The molecule has 1 aromatic heterocycles. The Balaban J connectivity index is 2.12. The number of halogens is 1. The van der Waals surface area contributed by atoms with Gasteiger partial charge in [-0.25, -0.2) is 8.42 Å². The number of benzene rings is 2. The summed E-state index contributed by atoms with van der Waals surface area (Å²) in [5.41, 5.74) is 3.90. The molecule has 0 amide bonds. The standard InChI is InChI=1S/C20H20ClNO2S/c1-3-13-25(23,24)19-6-4-5-18(14-19)22-15(2)7-12-20(22)16-8-10-17(21)11-9-16/h4-12,14H,3,13H2,1-2H3. The van der Waals surface area contributed by atoms with Gasteiger partial charge in [-0.05, 0) is 61.4 Å². The van der Waals surface area contributed by atoms with Crippen molar-refractivity contribution < 1.29 is 8.42 Å². The van der Waals surface area contributed by atoms with Crippen LogP contribution in [0.2, 0.25) is 5.02 Å². The quantitative estimate of drug-likeness (QED) is 0.609. The molecule has 0 aliphatic rings. The summed E-state index contributed by atoms with van der Waals surface area (Å²) >= 11 is 5.99. The van der Waals surface area contributed by atoms with Gasteiger partial charge in [0, 0.05) is 16.4 Å². The lowest BCUT2D eigenvalue weighted by molar-refractivity contribution is 0.594. The van der Waals surface area contributed by atoms with E-state index in [2.05, 4.69) is 4.57 Å². The summed E-state index contributed by atoms with van der Waals surface area (Å²) in [7, 11) is -3.25. The molecule has 0 aliphatic carbocycles. The maximum atomic E-state index is 12.4. The Morgan fingerprint density at radius 3 is 2.40 bits per heavy atom. The Morgan fingerprint density at radius 2 is 1.72 bits per heavy atom. The first-order chi connectivity index (χ1) is 11.9. The van der Waals surface area contributed by atoms with Crippen molar-refractivity contribution in [2.75, 3.05) is 5.75 Å². The number of rotatable bonds is 5. The molecule has 0 saturated carbocycles. The minimum atomic E-state index is -3.25. The molecule has 0 unspecified atom stereocenters. The molecule has 0 fully saturated rings. The second-order valence-electron chi connectivity index (χ2n) is 6.02. The van der Waals surface area contributed by atoms with E-state index < -0.39 is 9.84 Å². The number of aromatic nitrogens is 1. The maximum absolute atomic E-state index is 12.4. The molecule has 3 aromatic rings. The van der Waals surface area contributed by atoms with Crippen molar-refractivity contribution in [2.24, 2.45) is 0 Å². The van der Waals surface area contributed by atoms with E-state index in [4.69, 9.17) is 11.6 Å². The van der Waals surface area contributed by atoms with E-state index in [9.17, 15) is 8.42 Å². The van der Waals surface area contributed by atoms with Crippen molar-refractivity contribution in [3.63, 3.8) is 0 Å². The lowest BCUT2D eigenvalue weighted by Crippen LogP contribution is -2.07. The second-order valence-corrected chi connectivity index (χ2v) is 8.56. The van der Waals surface area contributed by atoms with Crippen LogP contribution in [0.4, 0.5) is 0 Å². The SMILES string of the molecule is CCCS(=O)(=O)c1cccc(-n2c(C)ccc2-c2ccc(Cl)cc2)c1. The van der Waals surface area contributed by atoms with E-state index in [-0.39, 0.29) is 5.75 Å². The Bertz CT molecular complexity index is 989. The average molecular weight is 374 g/mol. The Hall–Kier alpha value is -2.04. The molecule has 0 bridgehead atoms. The molecular formula is C20H20ClNO2S. The number of sulfone groups is 1. The molecule has 3 nitrogen and oxygen atoms in total. The lowest BCUT2D eigenvalue weighted by atomic mass is 10.1. The highest BCUT2D eigenvalue weighted by molar-refractivity contribution is 7.91. The Labute approximate surface area is 153 Å². The molecule has 25 heavy (non-hydrogen) atoms. The molecule has 5 heteroatoms. The topological polar surface area (TPSA) is 39.1 Å². The minimum absolute atomic E-state index is 0.158. The number of hydrogen-bond donors (Lipinski definition) is 0. The van der Waals surface area contributed by atoms with Gasteiger partial charge < -0.3 is 4.57 Å². The van der Waals surface area contributed by atoms with Gasteiger partial charge in [-0.3, -0.25) is 0 Å². The molecular weight excluding hydrogens is 354 g/mol. The first-order valence-electron chi connectivity index (χ1n) is 8.20. The zero-order valence-electron chi connectivity index (χ0n) is 14.2. The Morgan fingerprint density at radius 1 is 1.00 bits per heavy atom. The van der Waals surface area contributed by atoms with Gasteiger partial charge in [0.2, 0.25) is 0 Å². The van der Waals surface area contributed by atoms with Crippen LogP contribution in [0.5, 0.6) is 0 Å². The van der Waals surface area contributed by atoms with E-state index in [1.54, 1.807) is 18.2 Å². The average Bonchev–Trinajstić information content (AvgIpc) is 2.97. The zero-order chi connectivity index (χ0) is 18.0. The highest BCUT2D eigenvalue weighted by Crippen LogP contribution is 2.28. The monoisotopic (exact) mass is 373 g/mol. The minimum Gasteiger partial charge on any atom is -0.314 e. The second kappa shape index (κ2) is 7.06. The fourth-order valence-corrected chi connectivity index (χ4v) is 4.42. The molecule has 0 atom stereocenters. The molecule has 0 saturated heterocycles. The number of nitrogens with zero attached hydrogens (tertiary/aromatic N) is 1. The highest BCUT2D eigenvalue weighted by atomic mass is 35.5. The van der Waals surface area contributed by atoms with Crippen molar-refractivity contribution >= 4 is 21.4 Å². The van der Waals surface area contributed by atoms with Gasteiger partial charge >= 0.3 is 0 Å². The van der Waals surface area contributed by atoms with Crippen LogP contribution in [0.3, 0.4) is 0 Å². The summed E-state index contributed by atoms with van der Waals surface area (Å²) in [5, 5.41) is 0.686. The van der Waals surface area contributed by atoms with Gasteiger partial charge in [0.05, 0.1) is 16.3 Å². The first kappa shape index (κ1) is 17.8. The van der Waals surface area contributed by atoms with Gasteiger partial charge in [0.25, 0.3) is 0 Å². The molecule has 0 aliphatic heterocycles. The van der Waals surface area contributed by atoms with Crippen molar-refractivity contribution in [2.45, 2.75) is 25.2 Å². The first-order valence-corrected chi connectivity index (χ1v) is 10.2. The summed E-state index contributed by atoms with van der Waals surface area (Å²) in [4.78, 5) is 0.363. The van der Waals surface area contributed by atoms with Gasteiger partial charge in [-0.2, -0.15) is 0 Å². The highest BCUT2D eigenvalue weighted by Gasteiger charge is 2.16. The molecule has 0 N–H and O–H groups in total. The van der Waals surface area contributed by atoms with E-state index in [1.807, 2.05) is 56.3 Å². The third-order valence-corrected chi connectivity index (χ3v) is 6.29. The van der Waals surface area contributed by atoms with Crippen molar-refractivity contribution in [1.29, 1.82) is 0 Å². The zero-order valence-corrected chi connectivity index (χ0v) is 15.8. The van der Waals surface area contributed by atoms with Gasteiger partial charge in [-0.15, -0.1) is 0 Å². The molecule has 1 heterocycles. The van der Waals surface area contributed by atoms with Gasteiger partial charge in [0.1, 0.15) is 0 Å². The predicted molar refractivity (Wildman–Crippen MR) is 103 cm³/mol. The Kier molecular flexibility index (Phi) is 5.02. The normalized spacial score (nSPS) is 11.6. The van der Waals surface area contributed by atoms with Crippen molar-refractivity contribution in [1.82, 2.24) is 4.57 Å². The predicted octanol–water partition coefficient (Wildman–Crippen LogP) is 5.29.